The zero-order chi connectivity index (χ0) is 20.3. The van der Waals surface area contributed by atoms with Crippen LogP contribution >= 0.6 is 0 Å². The lowest BCUT2D eigenvalue weighted by molar-refractivity contribution is 0.0322. The Labute approximate surface area is 171 Å². The van der Waals surface area contributed by atoms with Crippen molar-refractivity contribution >= 4 is 5.96 Å². The number of halogens is 1. The highest BCUT2D eigenvalue weighted by atomic mass is 19.1. The van der Waals surface area contributed by atoms with Crippen LogP contribution in [0.1, 0.15) is 11.1 Å². The zero-order valence-electron chi connectivity index (χ0n) is 16.9. The summed E-state index contributed by atoms with van der Waals surface area (Å²) in [7, 11) is 1.73. The maximum absolute atomic E-state index is 13.0. The van der Waals surface area contributed by atoms with Gasteiger partial charge in [0.2, 0.25) is 0 Å². The van der Waals surface area contributed by atoms with Crippen LogP contribution in [0.5, 0.6) is 5.75 Å². The first-order valence-corrected chi connectivity index (χ1v) is 9.94. The van der Waals surface area contributed by atoms with Gasteiger partial charge in [-0.15, -0.1) is 0 Å². The number of nitrogens with zero attached hydrogens (tertiary/aromatic N) is 2. The molecule has 2 N–H and O–H groups in total. The molecule has 1 fully saturated rings. The van der Waals surface area contributed by atoms with E-state index in [-0.39, 0.29) is 5.82 Å². The van der Waals surface area contributed by atoms with Gasteiger partial charge in [0.25, 0.3) is 0 Å². The lowest BCUT2D eigenvalue weighted by Gasteiger charge is -2.26. The van der Waals surface area contributed by atoms with E-state index < -0.39 is 0 Å². The molecule has 1 aliphatic heterocycles. The van der Waals surface area contributed by atoms with Crippen LogP contribution in [0.15, 0.2) is 53.5 Å². The Hall–Kier alpha value is -2.64. The van der Waals surface area contributed by atoms with Crippen LogP contribution in [0.2, 0.25) is 0 Å². The summed E-state index contributed by atoms with van der Waals surface area (Å²) >= 11 is 0. The summed E-state index contributed by atoms with van der Waals surface area (Å²) in [6, 6.07) is 14.5. The van der Waals surface area contributed by atoms with E-state index in [4.69, 9.17) is 9.47 Å². The van der Waals surface area contributed by atoms with Crippen molar-refractivity contribution < 1.29 is 13.9 Å². The van der Waals surface area contributed by atoms with Crippen LogP contribution in [0.3, 0.4) is 0 Å². The number of morpholine rings is 1. The minimum Gasteiger partial charge on any atom is -0.492 e. The standard InChI is InChI=1S/C22H29FN4O2/c1-24-22(25-16-18-5-7-20(23)8-6-18)26-17-19-3-2-4-21(15-19)29-14-11-27-9-12-28-13-10-27/h2-8,15H,9-14,16-17H2,1H3,(H2,24,25,26). The average molecular weight is 400 g/mol. The molecule has 6 nitrogen and oxygen atoms in total. The first-order chi connectivity index (χ1) is 14.2. The summed E-state index contributed by atoms with van der Waals surface area (Å²) < 4.78 is 24.3. The molecule has 0 unspecified atom stereocenters. The topological polar surface area (TPSA) is 58.1 Å². The molecule has 1 aliphatic rings. The van der Waals surface area contributed by atoms with Gasteiger partial charge in [-0.25, -0.2) is 4.39 Å². The van der Waals surface area contributed by atoms with Crippen molar-refractivity contribution in [3.05, 3.63) is 65.5 Å². The third-order valence-corrected chi connectivity index (χ3v) is 4.74. The maximum atomic E-state index is 13.0. The van der Waals surface area contributed by atoms with Gasteiger partial charge < -0.3 is 20.1 Å². The molecule has 1 heterocycles. The van der Waals surface area contributed by atoms with Crippen LogP contribution < -0.4 is 15.4 Å². The highest BCUT2D eigenvalue weighted by molar-refractivity contribution is 5.79. The quantitative estimate of drug-likeness (QED) is 0.526. The minimum absolute atomic E-state index is 0.233. The molecule has 7 heteroatoms. The lowest BCUT2D eigenvalue weighted by Crippen LogP contribution is -2.38. The zero-order valence-corrected chi connectivity index (χ0v) is 16.9. The molecular weight excluding hydrogens is 371 g/mol. The number of ether oxygens (including phenoxy) is 2. The van der Waals surface area contributed by atoms with E-state index in [2.05, 4.69) is 26.6 Å². The molecule has 0 amide bonds. The Morgan fingerprint density at radius 1 is 1.07 bits per heavy atom. The SMILES string of the molecule is CN=C(NCc1ccc(F)cc1)NCc1cccc(OCCN2CCOCC2)c1. The van der Waals surface area contributed by atoms with E-state index in [1.807, 2.05) is 18.2 Å². The van der Waals surface area contributed by atoms with E-state index in [0.717, 1.165) is 49.7 Å². The summed E-state index contributed by atoms with van der Waals surface area (Å²) in [5.41, 5.74) is 2.10. The van der Waals surface area contributed by atoms with E-state index in [0.29, 0.717) is 25.7 Å². The highest BCUT2D eigenvalue weighted by Crippen LogP contribution is 2.13. The second-order valence-electron chi connectivity index (χ2n) is 6.86. The molecule has 156 valence electrons. The molecule has 0 spiro atoms. The number of hydrogen-bond donors (Lipinski definition) is 2. The number of guanidine groups is 1. The van der Waals surface area contributed by atoms with Crippen LogP contribution in [0.4, 0.5) is 4.39 Å². The Morgan fingerprint density at radius 3 is 2.52 bits per heavy atom. The highest BCUT2D eigenvalue weighted by Gasteiger charge is 2.09. The van der Waals surface area contributed by atoms with Crippen LogP contribution in [-0.4, -0.2) is 57.4 Å². The fraction of sp³-hybridized carbons (Fsp3) is 0.409. The van der Waals surface area contributed by atoms with Crippen molar-refractivity contribution in [3.63, 3.8) is 0 Å². The summed E-state index contributed by atoms with van der Waals surface area (Å²) in [6.45, 7) is 6.32. The van der Waals surface area contributed by atoms with Gasteiger partial charge in [0.1, 0.15) is 18.2 Å². The van der Waals surface area contributed by atoms with Gasteiger partial charge >= 0.3 is 0 Å². The minimum atomic E-state index is -0.233. The molecule has 1 saturated heterocycles. The first kappa shape index (κ1) is 21.1. The van der Waals surface area contributed by atoms with E-state index in [1.165, 1.54) is 12.1 Å². The van der Waals surface area contributed by atoms with Gasteiger partial charge in [0.05, 0.1) is 13.2 Å². The van der Waals surface area contributed by atoms with Crippen molar-refractivity contribution in [1.82, 2.24) is 15.5 Å². The normalized spacial score (nSPS) is 15.2. The third kappa shape index (κ3) is 7.36. The smallest absolute Gasteiger partial charge is 0.191 e. The van der Waals surface area contributed by atoms with Gasteiger partial charge in [-0.3, -0.25) is 9.89 Å². The summed E-state index contributed by atoms with van der Waals surface area (Å²) in [6.07, 6.45) is 0. The first-order valence-electron chi connectivity index (χ1n) is 9.94. The van der Waals surface area contributed by atoms with Crippen LogP contribution in [-0.2, 0) is 17.8 Å². The van der Waals surface area contributed by atoms with Crippen molar-refractivity contribution in [1.29, 1.82) is 0 Å². The van der Waals surface area contributed by atoms with E-state index in [1.54, 1.807) is 19.2 Å². The molecule has 3 rings (SSSR count). The second kappa shape index (κ2) is 11.4. The fourth-order valence-corrected chi connectivity index (χ4v) is 3.06. The van der Waals surface area contributed by atoms with Crippen molar-refractivity contribution in [3.8, 4) is 5.75 Å². The van der Waals surface area contributed by atoms with E-state index >= 15 is 0 Å². The van der Waals surface area contributed by atoms with Gasteiger partial charge in [-0.2, -0.15) is 0 Å². The Morgan fingerprint density at radius 2 is 1.79 bits per heavy atom. The fourth-order valence-electron chi connectivity index (χ4n) is 3.06. The molecule has 0 bridgehead atoms. The average Bonchev–Trinajstić information content (AvgIpc) is 2.76. The molecule has 0 aromatic heterocycles. The Bertz CT molecular complexity index is 777. The lowest BCUT2D eigenvalue weighted by atomic mass is 10.2. The van der Waals surface area contributed by atoms with E-state index in [9.17, 15) is 4.39 Å². The second-order valence-corrected chi connectivity index (χ2v) is 6.86. The molecule has 0 aliphatic carbocycles. The molecule has 2 aromatic rings. The summed E-state index contributed by atoms with van der Waals surface area (Å²) in [5.74, 6) is 1.32. The van der Waals surface area contributed by atoms with Crippen LogP contribution in [0.25, 0.3) is 0 Å². The summed E-state index contributed by atoms with van der Waals surface area (Å²) in [5, 5.41) is 6.52. The largest absolute Gasteiger partial charge is 0.492 e. The van der Waals surface area contributed by atoms with Crippen molar-refractivity contribution in [2.24, 2.45) is 4.99 Å². The Balaban J connectivity index is 1.41. The van der Waals surface area contributed by atoms with Crippen LogP contribution in [0, 0.1) is 5.82 Å². The van der Waals surface area contributed by atoms with Crippen molar-refractivity contribution in [2.45, 2.75) is 13.1 Å². The monoisotopic (exact) mass is 400 g/mol. The maximum Gasteiger partial charge on any atom is 0.191 e. The molecule has 0 radical (unpaired) electrons. The summed E-state index contributed by atoms with van der Waals surface area (Å²) in [4.78, 5) is 6.59. The molecule has 0 atom stereocenters. The van der Waals surface area contributed by atoms with Gasteiger partial charge in [-0.1, -0.05) is 24.3 Å². The Kier molecular flexibility index (Phi) is 8.27. The number of benzene rings is 2. The van der Waals surface area contributed by atoms with Gasteiger partial charge in [0.15, 0.2) is 5.96 Å². The number of nitrogens with one attached hydrogen (secondary N) is 2. The van der Waals surface area contributed by atoms with Gasteiger partial charge in [0, 0.05) is 39.8 Å². The molecule has 2 aromatic carbocycles. The molecule has 29 heavy (non-hydrogen) atoms. The number of aliphatic imine (C=N–C) groups is 1. The molecular formula is C22H29FN4O2. The number of rotatable bonds is 8. The van der Waals surface area contributed by atoms with Crippen molar-refractivity contribution in [2.75, 3.05) is 46.5 Å². The molecule has 0 saturated carbocycles. The third-order valence-electron chi connectivity index (χ3n) is 4.74. The predicted octanol–water partition coefficient (Wildman–Crippen LogP) is 2.40. The predicted molar refractivity (Wildman–Crippen MR) is 113 cm³/mol. The van der Waals surface area contributed by atoms with Gasteiger partial charge in [-0.05, 0) is 35.4 Å². The number of hydrogen-bond acceptors (Lipinski definition) is 4.